The normalized spacial score (nSPS) is 10.9. The summed E-state index contributed by atoms with van der Waals surface area (Å²) in [6, 6.07) is 3.08. The van der Waals surface area contributed by atoms with Gasteiger partial charge in [0.25, 0.3) is 0 Å². The van der Waals surface area contributed by atoms with Crippen LogP contribution >= 0.6 is 15.9 Å². The Bertz CT molecular complexity index is 436. The molecule has 62 valence electrons. The van der Waals surface area contributed by atoms with Crippen LogP contribution in [0.4, 0.5) is 4.39 Å². The highest BCUT2D eigenvalue weighted by atomic mass is 79.9. The topological polar surface area (TPSA) is 28.7 Å². The minimum atomic E-state index is -0.237. The van der Waals surface area contributed by atoms with Crippen LogP contribution in [0, 0.1) is 12.7 Å². The summed E-state index contributed by atoms with van der Waals surface area (Å²) in [6.07, 6.45) is 0. The maximum atomic E-state index is 13.2. The van der Waals surface area contributed by atoms with Gasteiger partial charge in [0, 0.05) is 10.2 Å². The summed E-state index contributed by atoms with van der Waals surface area (Å²) in [5.74, 6) is -0.237. The zero-order valence-corrected chi connectivity index (χ0v) is 7.94. The first-order valence-corrected chi connectivity index (χ1v) is 4.28. The molecule has 12 heavy (non-hydrogen) atoms. The van der Waals surface area contributed by atoms with E-state index in [2.05, 4.69) is 26.1 Å². The zero-order chi connectivity index (χ0) is 8.72. The lowest BCUT2D eigenvalue weighted by molar-refractivity contribution is 0.639. The molecule has 1 N–H and O–H groups in total. The molecular weight excluding hydrogens is 223 g/mol. The van der Waals surface area contributed by atoms with E-state index in [9.17, 15) is 4.39 Å². The van der Waals surface area contributed by atoms with Crippen molar-refractivity contribution < 1.29 is 4.39 Å². The van der Waals surface area contributed by atoms with Gasteiger partial charge >= 0.3 is 0 Å². The first-order chi connectivity index (χ1) is 5.70. The van der Waals surface area contributed by atoms with Crippen LogP contribution in [0.2, 0.25) is 0 Å². The summed E-state index contributed by atoms with van der Waals surface area (Å²) in [5.41, 5.74) is 1.40. The fourth-order valence-electron chi connectivity index (χ4n) is 1.20. The van der Waals surface area contributed by atoms with Crippen molar-refractivity contribution in [3.8, 4) is 0 Å². The number of H-pyrrole nitrogens is 1. The van der Waals surface area contributed by atoms with Gasteiger partial charge in [-0.15, -0.1) is 0 Å². The van der Waals surface area contributed by atoms with Crippen LogP contribution in [0.3, 0.4) is 0 Å². The van der Waals surface area contributed by atoms with Crippen LogP contribution in [-0.2, 0) is 0 Å². The molecule has 0 atom stereocenters. The van der Waals surface area contributed by atoms with Crippen molar-refractivity contribution in [2.24, 2.45) is 0 Å². The minimum absolute atomic E-state index is 0.237. The van der Waals surface area contributed by atoms with E-state index in [0.717, 1.165) is 10.2 Å². The number of benzene rings is 1. The van der Waals surface area contributed by atoms with E-state index in [1.807, 2.05) is 0 Å². The molecule has 0 unspecified atom stereocenters. The monoisotopic (exact) mass is 228 g/mol. The summed E-state index contributed by atoms with van der Waals surface area (Å²) in [5, 5.41) is 7.26. The Labute approximate surface area is 76.9 Å². The average molecular weight is 229 g/mol. The summed E-state index contributed by atoms with van der Waals surface area (Å²) >= 11 is 3.30. The van der Waals surface area contributed by atoms with Crippen LogP contribution in [0.15, 0.2) is 16.6 Å². The predicted octanol–water partition coefficient (Wildman–Crippen LogP) is 2.77. The molecule has 0 fully saturated rings. The summed E-state index contributed by atoms with van der Waals surface area (Å²) in [4.78, 5) is 0. The van der Waals surface area contributed by atoms with Gasteiger partial charge in [-0.2, -0.15) is 5.10 Å². The van der Waals surface area contributed by atoms with Crippen molar-refractivity contribution in [3.05, 3.63) is 28.1 Å². The van der Waals surface area contributed by atoms with Crippen molar-refractivity contribution in [1.29, 1.82) is 0 Å². The molecule has 4 heteroatoms. The fourth-order valence-corrected chi connectivity index (χ4v) is 1.62. The first kappa shape index (κ1) is 7.73. The highest BCUT2D eigenvalue weighted by Gasteiger charge is 2.09. The third-order valence-electron chi connectivity index (χ3n) is 1.79. The number of aromatic amines is 1. The quantitative estimate of drug-likeness (QED) is 0.739. The predicted molar refractivity (Wildman–Crippen MR) is 48.5 cm³/mol. The van der Waals surface area contributed by atoms with Gasteiger partial charge in [0.1, 0.15) is 11.3 Å². The Morgan fingerprint density at radius 2 is 2.25 bits per heavy atom. The van der Waals surface area contributed by atoms with E-state index >= 15 is 0 Å². The molecule has 0 saturated heterocycles. The van der Waals surface area contributed by atoms with Gasteiger partial charge in [-0.25, -0.2) is 4.39 Å². The van der Waals surface area contributed by atoms with Crippen LogP contribution in [0.1, 0.15) is 5.69 Å². The van der Waals surface area contributed by atoms with E-state index in [1.54, 1.807) is 13.0 Å². The Kier molecular flexibility index (Phi) is 1.65. The lowest BCUT2D eigenvalue weighted by atomic mass is 10.2. The summed E-state index contributed by atoms with van der Waals surface area (Å²) in [6.45, 7) is 1.80. The smallest absolute Gasteiger partial charge is 0.134 e. The molecule has 0 radical (unpaired) electrons. The van der Waals surface area contributed by atoms with Gasteiger partial charge in [-0.05, 0) is 35.0 Å². The maximum Gasteiger partial charge on any atom is 0.134 e. The number of aryl methyl sites for hydroxylation is 1. The van der Waals surface area contributed by atoms with Crippen molar-refractivity contribution in [3.63, 3.8) is 0 Å². The minimum Gasteiger partial charge on any atom is -0.281 e. The van der Waals surface area contributed by atoms with E-state index in [0.29, 0.717) is 10.9 Å². The molecule has 1 heterocycles. The second-order valence-electron chi connectivity index (χ2n) is 2.60. The molecule has 0 bridgehead atoms. The van der Waals surface area contributed by atoms with E-state index < -0.39 is 0 Å². The first-order valence-electron chi connectivity index (χ1n) is 3.49. The zero-order valence-electron chi connectivity index (χ0n) is 6.36. The second kappa shape index (κ2) is 2.55. The van der Waals surface area contributed by atoms with Gasteiger partial charge < -0.3 is 0 Å². The molecule has 2 nitrogen and oxygen atoms in total. The largest absolute Gasteiger partial charge is 0.281 e. The second-order valence-corrected chi connectivity index (χ2v) is 3.46. The maximum absolute atomic E-state index is 13.2. The number of aromatic nitrogens is 2. The Morgan fingerprint density at radius 1 is 1.50 bits per heavy atom. The van der Waals surface area contributed by atoms with Crippen LogP contribution in [-0.4, -0.2) is 10.2 Å². The highest BCUT2D eigenvalue weighted by Crippen LogP contribution is 2.25. The summed E-state index contributed by atoms with van der Waals surface area (Å²) in [7, 11) is 0. The molecule has 0 amide bonds. The molecule has 2 rings (SSSR count). The third-order valence-corrected chi connectivity index (χ3v) is 2.43. The molecule has 1 aromatic heterocycles. The van der Waals surface area contributed by atoms with E-state index in [-0.39, 0.29) is 5.82 Å². The summed E-state index contributed by atoms with van der Waals surface area (Å²) < 4.78 is 14.0. The number of hydrogen-bond donors (Lipinski definition) is 1. The molecule has 2 aromatic rings. The number of halogens is 2. The van der Waals surface area contributed by atoms with Crippen molar-refractivity contribution in [1.82, 2.24) is 10.2 Å². The van der Waals surface area contributed by atoms with Crippen LogP contribution in [0.25, 0.3) is 10.9 Å². The highest BCUT2D eigenvalue weighted by molar-refractivity contribution is 9.10. The van der Waals surface area contributed by atoms with Gasteiger partial charge in [-0.1, -0.05) is 0 Å². The van der Waals surface area contributed by atoms with Gasteiger partial charge in [0.2, 0.25) is 0 Å². The van der Waals surface area contributed by atoms with E-state index in [1.165, 1.54) is 6.07 Å². The molecule has 0 aliphatic rings. The molecule has 0 aliphatic heterocycles. The Hall–Kier alpha value is -0.900. The number of nitrogens with zero attached hydrogens (tertiary/aromatic N) is 1. The number of rotatable bonds is 0. The van der Waals surface area contributed by atoms with Crippen molar-refractivity contribution in [2.45, 2.75) is 6.92 Å². The number of fused-ring (bicyclic) bond motifs is 1. The Balaban J connectivity index is 2.98. The van der Waals surface area contributed by atoms with Gasteiger partial charge in [0.15, 0.2) is 0 Å². The van der Waals surface area contributed by atoms with Crippen molar-refractivity contribution >= 4 is 26.8 Å². The standard InChI is InChI=1S/C8H6BrFN2/c1-4-7-6(10)3-2-5(9)8(7)12-11-4/h2-3H,1H3,(H,11,12). The molecule has 0 saturated carbocycles. The Morgan fingerprint density at radius 3 is 2.92 bits per heavy atom. The van der Waals surface area contributed by atoms with Crippen LogP contribution in [0.5, 0.6) is 0 Å². The fraction of sp³-hybridized carbons (Fsp3) is 0.125. The molecule has 1 aromatic carbocycles. The number of hydrogen-bond acceptors (Lipinski definition) is 1. The molecular formula is C8H6BrFN2. The van der Waals surface area contributed by atoms with Crippen molar-refractivity contribution in [2.75, 3.05) is 0 Å². The third kappa shape index (κ3) is 0.948. The lowest BCUT2D eigenvalue weighted by Crippen LogP contribution is -1.78. The van der Waals surface area contributed by atoms with Crippen LogP contribution < -0.4 is 0 Å². The molecule has 0 spiro atoms. The van der Waals surface area contributed by atoms with E-state index in [4.69, 9.17) is 0 Å². The molecule has 0 aliphatic carbocycles. The number of nitrogens with one attached hydrogen (secondary N) is 1. The SMILES string of the molecule is Cc1[nH]nc2c(Br)ccc(F)c12. The van der Waals surface area contributed by atoms with Gasteiger partial charge in [0.05, 0.1) is 5.39 Å². The van der Waals surface area contributed by atoms with Gasteiger partial charge in [-0.3, -0.25) is 5.10 Å². The average Bonchev–Trinajstić information content (AvgIpc) is 2.42. The lowest BCUT2D eigenvalue weighted by Gasteiger charge is -1.93.